The van der Waals surface area contributed by atoms with Crippen molar-refractivity contribution in [3.05, 3.63) is 300 Å². The zero-order valence-electron chi connectivity index (χ0n) is 73.1. The minimum absolute atomic E-state index is 0.000994. The summed E-state index contributed by atoms with van der Waals surface area (Å²) >= 11 is 32.2. The van der Waals surface area contributed by atoms with Crippen molar-refractivity contribution in [2.24, 2.45) is 0 Å². The molecule has 51 heteroatoms. The number of para-hydroxylation sites is 1. The Kier molecular flexibility index (Phi) is 46.1. The van der Waals surface area contributed by atoms with E-state index >= 15 is 0 Å². The number of aryl methyl sites for hydroxylation is 6. The van der Waals surface area contributed by atoms with Gasteiger partial charge < -0.3 is 48.9 Å². The van der Waals surface area contributed by atoms with Crippen molar-refractivity contribution in [3.63, 3.8) is 0 Å². The Morgan fingerprint density at radius 3 is 1.11 bits per heavy atom. The molecule has 0 radical (unpaired) electrons. The van der Waals surface area contributed by atoms with Gasteiger partial charge in [0.05, 0.1) is 21.3 Å². The van der Waals surface area contributed by atoms with Gasteiger partial charge in [-0.25, -0.2) is 19.9 Å². The van der Waals surface area contributed by atoms with Crippen LogP contribution < -0.4 is 0 Å². The molecule has 0 saturated heterocycles. The van der Waals surface area contributed by atoms with Crippen molar-refractivity contribution in [2.75, 3.05) is 28.8 Å². The molecule has 0 spiro atoms. The summed E-state index contributed by atoms with van der Waals surface area (Å²) in [6.45, 7) is 1.90. The molecular formula is C89H89Br5ClF10N8O15P5S7. The summed E-state index contributed by atoms with van der Waals surface area (Å²) in [5.41, 5.74) is -16.6. The summed E-state index contributed by atoms with van der Waals surface area (Å²) in [4.78, 5) is 106. The van der Waals surface area contributed by atoms with Gasteiger partial charge in [-0.3, -0.25) is 27.9 Å². The van der Waals surface area contributed by atoms with Gasteiger partial charge in [-0.15, -0.1) is 50.2 Å². The molecule has 0 fully saturated rings. The third-order valence-electron chi connectivity index (χ3n) is 20.0. The lowest BCUT2D eigenvalue weighted by molar-refractivity contribution is 0.0557. The molecule has 0 aliphatic rings. The van der Waals surface area contributed by atoms with Gasteiger partial charge in [0.25, 0.3) is 0 Å². The van der Waals surface area contributed by atoms with Gasteiger partial charge in [0.15, 0.2) is 14.5 Å². The fraction of sp³-hybridized carbons (Fsp3) is 0.292. The van der Waals surface area contributed by atoms with Crippen LogP contribution in [0.2, 0.25) is 5.02 Å². The average Bonchev–Trinajstić information content (AvgIpc) is 1.06. The van der Waals surface area contributed by atoms with E-state index in [1.165, 1.54) is 72.4 Å². The average molecular weight is 2520 g/mol. The van der Waals surface area contributed by atoms with E-state index < -0.39 is 94.1 Å². The van der Waals surface area contributed by atoms with E-state index in [1.54, 1.807) is 88.1 Å². The number of nitrogens with zero attached hydrogens (tertiary/aromatic N) is 7. The van der Waals surface area contributed by atoms with E-state index in [2.05, 4.69) is 126 Å². The summed E-state index contributed by atoms with van der Waals surface area (Å²) in [5, 5.41) is 22.4. The summed E-state index contributed by atoms with van der Waals surface area (Å²) in [6.07, 6.45) is 14.0. The Morgan fingerprint density at radius 2 is 0.736 bits per heavy atom. The van der Waals surface area contributed by atoms with Gasteiger partial charge in [0, 0.05) is 101 Å². The SMILES string of the molecule is Cc1nnc(SCCCCc2ccc(C(F)(F)P(=O)(O)O)c(Br)c2)s1.O=P(O)(O)C(F)(F)c1ccc(CCCCSc2ccc3ccccc3n2)cc1Br.O=P(O)(O)C(F)(F)c1ccc(CCCCSc2ccccn2)cc1Br.O=P(O)(O)C(F)(F)c1ccc(CCCCSc2n[nH]c(-c3ccc(Cl)cc3)n2)cc1Br.O=P(O)(O)C(F)(F)c1ccc(CCCCSc2nc(-c3ccccc3)cs2)cc1Br. The van der Waals surface area contributed by atoms with Crippen LogP contribution in [-0.4, -0.2) is 118 Å². The molecule has 0 unspecified atom stereocenters. The van der Waals surface area contributed by atoms with Gasteiger partial charge in [0.2, 0.25) is 5.16 Å². The number of hydrogen-bond acceptors (Lipinski definition) is 19. The maximum atomic E-state index is 13.9. The van der Waals surface area contributed by atoms with E-state index in [0.29, 0.717) is 48.1 Å². The number of alkyl halides is 10. The van der Waals surface area contributed by atoms with E-state index in [9.17, 15) is 66.7 Å². The number of thiazole rings is 1. The van der Waals surface area contributed by atoms with Crippen LogP contribution in [-0.2, 0) is 83.2 Å². The first kappa shape index (κ1) is 119. The highest BCUT2D eigenvalue weighted by Gasteiger charge is 2.55. The van der Waals surface area contributed by atoms with Crippen molar-refractivity contribution in [1.82, 2.24) is 40.3 Å². The summed E-state index contributed by atoms with van der Waals surface area (Å²) in [5.74, 6) is 5.04. The number of nitrogens with one attached hydrogen (secondary N) is 1. The number of halogens is 16. The highest BCUT2D eigenvalue weighted by Crippen LogP contribution is 2.65. The molecule has 11 N–H and O–H groups in total. The molecule has 140 heavy (non-hydrogen) atoms. The first-order valence-electron chi connectivity index (χ1n) is 41.8. The number of benzene rings is 8. The van der Waals surface area contributed by atoms with Crippen molar-refractivity contribution in [1.29, 1.82) is 0 Å². The van der Waals surface area contributed by atoms with Crippen molar-refractivity contribution >= 4 is 222 Å². The van der Waals surface area contributed by atoms with Crippen LogP contribution in [0.25, 0.3) is 33.5 Å². The molecule has 13 rings (SSSR count). The van der Waals surface area contributed by atoms with Crippen LogP contribution in [0.1, 0.15) is 125 Å². The lowest BCUT2D eigenvalue weighted by Crippen LogP contribution is -2.14. The number of pyridine rings is 2. The molecule has 5 aromatic heterocycles. The second-order valence-electron chi connectivity index (χ2n) is 30.5. The third kappa shape index (κ3) is 35.4. The van der Waals surface area contributed by atoms with E-state index in [0.717, 1.165) is 203 Å². The van der Waals surface area contributed by atoms with E-state index in [-0.39, 0.29) is 22.4 Å². The first-order valence-corrected chi connectivity index (χ1v) is 60.8. The van der Waals surface area contributed by atoms with Gasteiger partial charge in [-0.05, 0) is 221 Å². The van der Waals surface area contributed by atoms with Crippen molar-refractivity contribution in [3.8, 4) is 22.6 Å². The van der Waals surface area contributed by atoms with Crippen LogP contribution in [0.5, 0.6) is 0 Å². The lowest BCUT2D eigenvalue weighted by Gasteiger charge is -2.19. The van der Waals surface area contributed by atoms with E-state index in [4.69, 9.17) is 60.5 Å². The smallest absolute Gasteiger partial charge is 0.320 e. The molecule has 8 aromatic carbocycles. The Hall–Kier alpha value is -4.86. The fourth-order valence-electron chi connectivity index (χ4n) is 12.6. The second kappa shape index (κ2) is 54.4. The van der Waals surface area contributed by atoms with Crippen LogP contribution in [0.15, 0.2) is 258 Å². The van der Waals surface area contributed by atoms with Crippen LogP contribution in [0.3, 0.4) is 0 Å². The lowest BCUT2D eigenvalue weighted by atomic mass is 10.1. The monoisotopic (exact) mass is 2510 g/mol. The summed E-state index contributed by atoms with van der Waals surface area (Å²) < 4.78 is 195. The number of hydrogen-bond donors (Lipinski definition) is 11. The molecule has 0 amide bonds. The minimum atomic E-state index is -5.60. The molecule has 13 aromatic rings. The van der Waals surface area contributed by atoms with Crippen LogP contribution >= 0.6 is 211 Å². The molecule has 0 atom stereocenters. The number of aromatic amines is 1. The fourth-order valence-corrected chi connectivity index (χ4v) is 25.7. The molecule has 5 heterocycles. The normalized spacial score (nSPS) is 12.4. The van der Waals surface area contributed by atoms with Crippen LogP contribution in [0, 0.1) is 6.92 Å². The maximum absolute atomic E-state index is 13.9. The Morgan fingerprint density at radius 1 is 0.371 bits per heavy atom. The maximum Gasteiger partial charge on any atom is 0.399 e. The molecule has 23 nitrogen and oxygen atoms in total. The predicted molar refractivity (Wildman–Crippen MR) is 554 cm³/mol. The minimum Gasteiger partial charge on any atom is -0.320 e. The number of unbranched alkanes of at least 4 members (excludes halogenated alkanes) is 5. The Balaban J connectivity index is 0.000000196. The second-order valence-corrected chi connectivity index (χ2v) is 51.4. The zero-order valence-corrected chi connectivity index (χ0v) is 92.0. The number of aromatic nitrogens is 8. The quantitative estimate of drug-likeness (QED) is 0.00732. The summed E-state index contributed by atoms with van der Waals surface area (Å²) in [7, 11) is -27.9. The van der Waals surface area contributed by atoms with Gasteiger partial charge in [0.1, 0.15) is 5.01 Å². The van der Waals surface area contributed by atoms with Crippen molar-refractivity contribution in [2.45, 2.75) is 155 Å². The number of rotatable bonds is 42. The number of fused-ring (bicyclic) bond motifs is 1. The van der Waals surface area contributed by atoms with Gasteiger partial charge in [-0.1, -0.05) is 259 Å². The highest BCUT2D eigenvalue weighted by atomic mass is 79.9. The number of H-pyrrole nitrogens is 1. The molecule has 0 saturated carbocycles. The van der Waals surface area contributed by atoms with Crippen molar-refractivity contribution < 1.29 is 116 Å². The standard InChI is InChI=1S/C20H19BrF2NO3PS2.C20H19BrF2NO3PS.C19H18BrClF2N3O3PS.C16H17BrF2NO3PS.C14H16BrF2N2O3PS2/c21-17-12-14(9-10-16(17)20(22,23)28(25,26)27)6-4-5-11-29-19-24-18(13-30-19)15-7-2-1-3-8-15;21-17-13-14(8-10-16(17)20(22,23)28(25,26)27)5-3-4-12-29-19-11-9-15-6-1-2-7-18(15)24-19;20-16-11-12(4-9-15(16)19(22,23)30(27,28)29)3-1-2-10-31-18-24-17(25-26-18)13-5-7-14(21)8-6-13;17-14-11-12(7-8-13(14)16(18,19)24(21,22)23)5-2-4-10-25-15-6-1-3-9-20-15;1-9-18-19-13(25-9)24-7-3-2-4-10-5-6-11(12(15)8-10)14(16,17)23(20,21)22/h1-3,7-10,12-13H,4-6,11H2,(H2,25,26,27);1-2,6-11,13H,3-5,12H2,(H2,25,26,27);4-9,11H,1-3,10H2,(H,24,25,26)(H2,27,28,29);1,3,6-9,11H,2,4-5,10H2,(H2,21,22,23);5-6,8H,2-4,7H2,1H3,(H2,20,21,22). The first-order chi connectivity index (χ1) is 65.8. The third-order valence-corrected chi connectivity index (χ3v) is 35.5. The number of thioether (sulfide) groups is 5. The molecule has 754 valence electrons. The zero-order chi connectivity index (χ0) is 103. The Bertz CT molecular complexity index is 6520. The predicted octanol–water partition coefficient (Wildman–Crippen LogP) is 29.6. The Labute approximate surface area is 875 Å². The van der Waals surface area contributed by atoms with E-state index in [1.807, 2.05) is 103 Å². The highest BCUT2D eigenvalue weighted by molar-refractivity contribution is 9.11. The topological polar surface area (TPSA) is 394 Å². The molecule has 0 aliphatic heterocycles. The van der Waals surface area contributed by atoms with Crippen LogP contribution in [0.4, 0.5) is 43.9 Å². The largest absolute Gasteiger partial charge is 0.399 e. The van der Waals surface area contributed by atoms with Gasteiger partial charge in [-0.2, -0.15) is 43.9 Å². The molecule has 0 aliphatic carbocycles. The molecule has 0 bridgehead atoms. The van der Waals surface area contributed by atoms with Gasteiger partial charge >= 0.3 is 66.3 Å². The molecular weight excluding hydrogens is 2430 g/mol. The summed E-state index contributed by atoms with van der Waals surface area (Å²) in [6, 6.07) is 55.2.